The first-order valence-corrected chi connectivity index (χ1v) is 3.66. The van der Waals surface area contributed by atoms with Crippen LogP contribution >= 0.6 is 11.6 Å². The van der Waals surface area contributed by atoms with E-state index in [-0.39, 0.29) is 0 Å². The molecule has 0 aromatic heterocycles. The standard InChI is InChI=1S/C7H9Cl/c8-7-5-3-1-2-4-6(5)7/h5H,1-4H2. The van der Waals surface area contributed by atoms with Crippen LogP contribution in [0.15, 0.2) is 10.6 Å². The number of hydrogen-bond acceptors (Lipinski definition) is 0. The molecule has 0 bridgehead atoms. The summed E-state index contributed by atoms with van der Waals surface area (Å²) in [5, 5.41) is 1.20. The van der Waals surface area contributed by atoms with Crippen molar-refractivity contribution in [1.82, 2.24) is 0 Å². The molecule has 2 aliphatic rings. The maximum Gasteiger partial charge on any atom is 0.0251 e. The second kappa shape index (κ2) is 1.51. The fourth-order valence-corrected chi connectivity index (χ4v) is 1.96. The molecule has 0 aromatic rings. The third-order valence-corrected chi connectivity index (χ3v) is 2.65. The van der Waals surface area contributed by atoms with Gasteiger partial charge in [-0.3, -0.25) is 0 Å². The third kappa shape index (κ3) is 0.526. The molecule has 1 atom stereocenters. The SMILES string of the molecule is ClC1=C2CCCCC12. The summed E-state index contributed by atoms with van der Waals surface area (Å²) in [6.45, 7) is 0. The minimum absolute atomic E-state index is 0.769. The van der Waals surface area contributed by atoms with Crippen LogP contribution in [-0.2, 0) is 0 Å². The molecule has 2 aliphatic carbocycles. The fourth-order valence-electron chi connectivity index (χ4n) is 1.55. The highest BCUT2D eigenvalue weighted by molar-refractivity contribution is 6.33. The molecule has 1 saturated carbocycles. The second-order valence-electron chi connectivity index (χ2n) is 2.67. The van der Waals surface area contributed by atoms with Gasteiger partial charge in [-0.2, -0.15) is 0 Å². The van der Waals surface area contributed by atoms with Crippen LogP contribution in [0.4, 0.5) is 0 Å². The molecule has 0 amide bonds. The summed E-state index contributed by atoms with van der Waals surface area (Å²) in [5.74, 6) is 0.769. The molecule has 0 saturated heterocycles. The molecule has 1 unspecified atom stereocenters. The van der Waals surface area contributed by atoms with Crippen molar-refractivity contribution in [3.05, 3.63) is 10.6 Å². The molecule has 0 heterocycles. The molecule has 44 valence electrons. The van der Waals surface area contributed by atoms with Gasteiger partial charge in [0.1, 0.15) is 0 Å². The lowest BCUT2D eigenvalue weighted by molar-refractivity contribution is 0.583. The van der Waals surface area contributed by atoms with Crippen molar-refractivity contribution < 1.29 is 0 Å². The minimum Gasteiger partial charge on any atom is -0.0885 e. The Hall–Kier alpha value is 0.0300. The zero-order chi connectivity index (χ0) is 5.56. The predicted molar refractivity (Wildman–Crippen MR) is 34.8 cm³/mol. The van der Waals surface area contributed by atoms with E-state index in [0.717, 1.165) is 5.92 Å². The molecule has 0 aromatic carbocycles. The fraction of sp³-hybridized carbons (Fsp3) is 0.714. The molecule has 0 aliphatic heterocycles. The molecule has 2 rings (SSSR count). The van der Waals surface area contributed by atoms with Gasteiger partial charge in [0, 0.05) is 11.0 Å². The van der Waals surface area contributed by atoms with Crippen molar-refractivity contribution in [3.63, 3.8) is 0 Å². The van der Waals surface area contributed by atoms with E-state index in [1.165, 1.54) is 30.7 Å². The Morgan fingerprint density at radius 2 is 2.25 bits per heavy atom. The number of allylic oxidation sites excluding steroid dienone is 2. The van der Waals surface area contributed by atoms with E-state index < -0.39 is 0 Å². The first kappa shape index (κ1) is 4.87. The van der Waals surface area contributed by atoms with E-state index in [4.69, 9.17) is 11.6 Å². The van der Waals surface area contributed by atoms with E-state index in [2.05, 4.69) is 0 Å². The van der Waals surface area contributed by atoms with Gasteiger partial charge in [0.15, 0.2) is 0 Å². The van der Waals surface area contributed by atoms with Crippen molar-refractivity contribution in [1.29, 1.82) is 0 Å². The normalized spacial score (nSPS) is 34.9. The zero-order valence-corrected chi connectivity index (χ0v) is 5.54. The lowest BCUT2D eigenvalue weighted by Crippen LogP contribution is -1.90. The van der Waals surface area contributed by atoms with Crippen LogP contribution in [-0.4, -0.2) is 0 Å². The van der Waals surface area contributed by atoms with Gasteiger partial charge in [0.05, 0.1) is 0 Å². The van der Waals surface area contributed by atoms with Gasteiger partial charge in [-0.05, 0) is 24.8 Å². The molecule has 0 N–H and O–H groups in total. The second-order valence-corrected chi connectivity index (χ2v) is 3.08. The highest BCUT2D eigenvalue weighted by Gasteiger charge is 2.36. The third-order valence-electron chi connectivity index (χ3n) is 2.14. The summed E-state index contributed by atoms with van der Waals surface area (Å²) < 4.78 is 0. The monoisotopic (exact) mass is 128 g/mol. The highest BCUT2D eigenvalue weighted by Crippen LogP contribution is 2.51. The Bertz CT molecular complexity index is 146. The first-order chi connectivity index (χ1) is 3.89. The van der Waals surface area contributed by atoms with Crippen molar-refractivity contribution >= 4 is 11.6 Å². The summed E-state index contributed by atoms with van der Waals surface area (Å²) >= 11 is 5.84. The Labute approximate surface area is 54.5 Å². The smallest absolute Gasteiger partial charge is 0.0251 e. The average Bonchev–Trinajstić information content (AvgIpc) is 2.46. The van der Waals surface area contributed by atoms with Crippen molar-refractivity contribution in [2.24, 2.45) is 5.92 Å². The Morgan fingerprint density at radius 3 is 2.75 bits per heavy atom. The molecular formula is C7H9Cl. The molecule has 0 spiro atoms. The highest BCUT2D eigenvalue weighted by atomic mass is 35.5. The quantitative estimate of drug-likeness (QED) is 0.471. The largest absolute Gasteiger partial charge is 0.0885 e. The summed E-state index contributed by atoms with van der Waals surface area (Å²) in [6, 6.07) is 0. The Kier molecular flexibility index (Phi) is 0.916. The Balaban J connectivity index is 2.09. The van der Waals surface area contributed by atoms with Crippen molar-refractivity contribution in [2.45, 2.75) is 25.7 Å². The molecule has 1 heteroatoms. The first-order valence-electron chi connectivity index (χ1n) is 3.28. The Morgan fingerprint density at radius 1 is 1.38 bits per heavy atom. The summed E-state index contributed by atoms with van der Waals surface area (Å²) in [6.07, 6.45) is 5.41. The van der Waals surface area contributed by atoms with Gasteiger partial charge in [0.2, 0.25) is 0 Å². The lowest BCUT2D eigenvalue weighted by Gasteiger charge is -2.05. The lowest BCUT2D eigenvalue weighted by atomic mass is 10.0. The minimum atomic E-state index is 0.769. The molecular weight excluding hydrogens is 120 g/mol. The van der Waals surface area contributed by atoms with Gasteiger partial charge >= 0.3 is 0 Å². The van der Waals surface area contributed by atoms with E-state index in [0.29, 0.717) is 0 Å². The van der Waals surface area contributed by atoms with Crippen LogP contribution in [0.5, 0.6) is 0 Å². The number of fused-ring (bicyclic) bond motifs is 1. The zero-order valence-electron chi connectivity index (χ0n) is 4.78. The number of hydrogen-bond donors (Lipinski definition) is 0. The van der Waals surface area contributed by atoms with Gasteiger partial charge in [-0.1, -0.05) is 18.0 Å². The number of rotatable bonds is 0. The van der Waals surface area contributed by atoms with E-state index in [1.807, 2.05) is 0 Å². The van der Waals surface area contributed by atoms with Crippen LogP contribution in [0, 0.1) is 5.92 Å². The van der Waals surface area contributed by atoms with Crippen LogP contribution in [0.3, 0.4) is 0 Å². The maximum atomic E-state index is 5.84. The van der Waals surface area contributed by atoms with Crippen LogP contribution in [0.2, 0.25) is 0 Å². The molecule has 8 heavy (non-hydrogen) atoms. The van der Waals surface area contributed by atoms with Crippen LogP contribution in [0.1, 0.15) is 25.7 Å². The van der Waals surface area contributed by atoms with Crippen molar-refractivity contribution in [2.75, 3.05) is 0 Å². The summed E-state index contributed by atoms with van der Waals surface area (Å²) in [4.78, 5) is 0. The van der Waals surface area contributed by atoms with E-state index in [1.54, 1.807) is 5.57 Å². The van der Waals surface area contributed by atoms with E-state index >= 15 is 0 Å². The number of halogens is 1. The summed E-state index contributed by atoms with van der Waals surface area (Å²) in [5.41, 5.74) is 1.57. The van der Waals surface area contributed by atoms with Gasteiger partial charge < -0.3 is 0 Å². The van der Waals surface area contributed by atoms with Gasteiger partial charge in [0.25, 0.3) is 0 Å². The topological polar surface area (TPSA) is 0 Å². The molecule has 0 radical (unpaired) electrons. The predicted octanol–water partition coefficient (Wildman–Crippen LogP) is 2.68. The maximum absolute atomic E-state index is 5.84. The van der Waals surface area contributed by atoms with Gasteiger partial charge in [-0.15, -0.1) is 0 Å². The summed E-state index contributed by atoms with van der Waals surface area (Å²) in [7, 11) is 0. The average molecular weight is 129 g/mol. The molecule has 0 nitrogen and oxygen atoms in total. The van der Waals surface area contributed by atoms with Crippen LogP contribution in [0.25, 0.3) is 0 Å². The molecule has 1 fully saturated rings. The van der Waals surface area contributed by atoms with Crippen molar-refractivity contribution in [3.8, 4) is 0 Å². The van der Waals surface area contributed by atoms with E-state index in [9.17, 15) is 0 Å². The van der Waals surface area contributed by atoms with Crippen LogP contribution < -0.4 is 0 Å². The van der Waals surface area contributed by atoms with Gasteiger partial charge in [-0.25, -0.2) is 0 Å².